The Balaban J connectivity index is 1.89. The molecule has 0 saturated heterocycles. The molecule has 0 spiro atoms. The molecule has 1 heterocycles. The number of benzene rings is 1. The molecular formula is C17H22N2O4. The molecule has 2 amide bonds. The topological polar surface area (TPSA) is 80.5 Å². The van der Waals surface area contributed by atoms with Crippen molar-refractivity contribution in [3.8, 4) is 0 Å². The summed E-state index contributed by atoms with van der Waals surface area (Å²) in [5.74, 6) is -0.759. The van der Waals surface area contributed by atoms with Crippen LogP contribution in [-0.2, 0) is 0 Å². The molecule has 124 valence electrons. The number of rotatable bonds is 9. The molecule has 1 aliphatic rings. The van der Waals surface area contributed by atoms with Crippen LogP contribution in [0, 0.1) is 10.1 Å². The Morgan fingerprint density at radius 3 is 2.22 bits per heavy atom. The molecular weight excluding hydrogens is 296 g/mol. The maximum absolute atomic E-state index is 12.3. The van der Waals surface area contributed by atoms with Crippen LogP contribution < -0.4 is 0 Å². The van der Waals surface area contributed by atoms with E-state index in [4.69, 9.17) is 0 Å². The van der Waals surface area contributed by atoms with Gasteiger partial charge in [-0.15, -0.1) is 0 Å². The largest absolute Gasteiger partial charge is 0.274 e. The Hall–Kier alpha value is -2.24. The second kappa shape index (κ2) is 7.85. The minimum absolute atomic E-state index is 0.146. The molecule has 0 radical (unpaired) electrons. The highest BCUT2D eigenvalue weighted by Crippen LogP contribution is 2.27. The van der Waals surface area contributed by atoms with Gasteiger partial charge in [-0.25, -0.2) is 0 Å². The van der Waals surface area contributed by atoms with Gasteiger partial charge in [0.2, 0.25) is 0 Å². The summed E-state index contributed by atoms with van der Waals surface area (Å²) in [6.45, 7) is 2.56. The number of nitro benzene ring substituents is 1. The normalized spacial score (nSPS) is 13.5. The number of unbranched alkanes of at least 4 members (excludes halogenated alkanes) is 6. The van der Waals surface area contributed by atoms with Gasteiger partial charge in [-0.2, -0.15) is 0 Å². The van der Waals surface area contributed by atoms with Gasteiger partial charge in [0.05, 0.1) is 16.1 Å². The quantitative estimate of drug-likeness (QED) is 0.299. The molecule has 1 aromatic rings. The zero-order valence-corrected chi connectivity index (χ0v) is 13.4. The number of imide groups is 1. The van der Waals surface area contributed by atoms with Crippen molar-refractivity contribution in [1.29, 1.82) is 0 Å². The van der Waals surface area contributed by atoms with E-state index in [1.165, 1.54) is 48.8 Å². The van der Waals surface area contributed by atoms with Gasteiger partial charge < -0.3 is 0 Å². The van der Waals surface area contributed by atoms with Crippen molar-refractivity contribution in [3.63, 3.8) is 0 Å². The van der Waals surface area contributed by atoms with Crippen molar-refractivity contribution < 1.29 is 14.5 Å². The number of hydrogen-bond donors (Lipinski definition) is 0. The number of nitro groups is 1. The summed E-state index contributed by atoms with van der Waals surface area (Å²) in [5.41, 5.74) is 0.248. The number of hydrogen-bond acceptors (Lipinski definition) is 4. The van der Waals surface area contributed by atoms with Gasteiger partial charge in [0.15, 0.2) is 0 Å². The summed E-state index contributed by atoms with van der Waals surface area (Å²) >= 11 is 0. The molecule has 23 heavy (non-hydrogen) atoms. The average molecular weight is 318 g/mol. The van der Waals surface area contributed by atoms with Gasteiger partial charge >= 0.3 is 0 Å². The summed E-state index contributed by atoms with van der Waals surface area (Å²) in [5, 5.41) is 10.8. The Kier molecular flexibility index (Phi) is 5.84. The van der Waals surface area contributed by atoms with Crippen LogP contribution in [0.25, 0.3) is 0 Å². The first-order valence-electron chi connectivity index (χ1n) is 8.21. The van der Waals surface area contributed by atoms with E-state index in [1.54, 1.807) is 0 Å². The Bertz CT molecular complexity index is 613. The Labute approximate surface area is 135 Å². The van der Waals surface area contributed by atoms with Crippen LogP contribution in [0.1, 0.15) is 72.6 Å². The summed E-state index contributed by atoms with van der Waals surface area (Å²) in [4.78, 5) is 35.9. The second-order valence-corrected chi connectivity index (χ2v) is 5.87. The van der Waals surface area contributed by atoms with Crippen LogP contribution in [0.4, 0.5) is 5.69 Å². The molecule has 6 heteroatoms. The molecule has 0 fully saturated rings. The van der Waals surface area contributed by atoms with Crippen LogP contribution in [0.15, 0.2) is 18.2 Å². The van der Waals surface area contributed by atoms with Crippen LogP contribution in [0.2, 0.25) is 0 Å². The minimum Gasteiger partial charge on any atom is -0.274 e. The molecule has 0 unspecified atom stereocenters. The molecule has 1 aliphatic heterocycles. The van der Waals surface area contributed by atoms with Gasteiger partial charge in [-0.3, -0.25) is 24.6 Å². The first-order chi connectivity index (χ1) is 11.1. The first kappa shape index (κ1) is 17.1. The van der Waals surface area contributed by atoms with E-state index >= 15 is 0 Å². The highest BCUT2D eigenvalue weighted by molar-refractivity contribution is 6.21. The summed E-state index contributed by atoms with van der Waals surface area (Å²) < 4.78 is 0. The number of non-ortho nitro benzene ring substituents is 1. The highest BCUT2D eigenvalue weighted by Gasteiger charge is 2.36. The SMILES string of the molecule is CCCCCCCCCN1C(=O)c2ccc([N+](=O)[O-])cc2C1=O. The molecule has 0 saturated carbocycles. The van der Waals surface area contributed by atoms with Crippen molar-refractivity contribution in [2.75, 3.05) is 6.54 Å². The molecule has 0 aliphatic carbocycles. The zero-order valence-electron chi connectivity index (χ0n) is 13.4. The third kappa shape index (κ3) is 3.94. The van der Waals surface area contributed by atoms with E-state index in [0.717, 1.165) is 19.3 Å². The van der Waals surface area contributed by atoms with Gasteiger partial charge in [0, 0.05) is 18.7 Å². The zero-order chi connectivity index (χ0) is 16.8. The number of carbonyl (C=O) groups is 2. The van der Waals surface area contributed by atoms with E-state index in [2.05, 4.69) is 6.92 Å². The van der Waals surface area contributed by atoms with Crippen LogP contribution in [-0.4, -0.2) is 28.2 Å². The number of amides is 2. The lowest BCUT2D eigenvalue weighted by Crippen LogP contribution is -2.30. The maximum atomic E-state index is 12.3. The molecule has 1 aromatic carbocycles. The monoisotopic (exact) mass is 318 g/mol. The van der Waals surface area contributed by atoms with Crippen LogP contribution in [0.5, 0.6) is 0 Å². The van der Waals surface area contributed by atoms with E-state index in [-0.39, 0.29) is 22.7 Å². The van der Waals surface area contributed by atoms with Crippen molar-refractivity contribution >= 4 is 17.5 Å². The molecule has 0 atom stereocenters. The summed E-state index contributed by atoms with van der Waals surface area (Å²) in [7, 11) is 0. The third-order valence-corrected chi connectivity index (χ3v) is 4.15. The number of carbonyl (C=O) groups excluding carboxylic acids is 2. The lowest BCUT2D eigenvalue weighted by molar-refractivity contribution is -0.384. The number of nitrogens with zero attached hydrogens (tertiary/aromatic N) is 2. The second-order valence-electron chi connectivity index (χ2n) is 5.87. The smallest absolute Gasteiger partial charge is 0.270 e. The Morgan fingerprint density at radius 2 is 1.57 bits per heavy atom. The molecule has 0 aromatic heterocycles. The predicted molar refractivity (Wildman–Crippen MR) is 86.5 cm³/mol. The molecule has 6 nitrogen and oxygen atoms in total. The van der Waals surface area contributed by atoms with E-state index in [1.807, 2.05) is 0 Å². The molecule has 2 rings (SSSR count). The van der Waals surface area contributed by atoms with Crippen molar-refractivity contribution in [3.05, 3.63) is 39.4 Å². The fourth-order valence-corrected chi connectivity index (χ4v) is 2.82. The van der Waals surface area contributed by atoms with Crippen molar-refractivity contribution in [1.82, 2.24) is 4.90 Å². The predicted octanol–water partition coefficient (Wildman–Crippen LogP) is 3.94. The van der Waals surface area contributed by atoms with Gasteiger partial charge in [-0.05, 0) is 12.5 Å². The Morgan fingerprint density at radius 1 is 0.957 bits per heavy atom. The average Bonchev–Trinajstić information content (AvgIpc) is 2.78. The number of fused-ring (bicyclic) bond motifs is 1. The van der Waals surface area contributed by atoms with E-state index < -0.39 is 10.8 Å². The van der Waals surface area contributed by atoms with Crippen molar-refractivity contribution in [2.45, 2.75) is 51.9 Å². The van der Waals surface area contributed by atoms with E-state index in [0.29, 0.717) is 6.54 Å². The third-order valence-electron chi connectivity index (χ3n) is 4.15. The van der Waals surface area contributed by atoms with Crippen molar-refractivity contribution in [2.24, 2.45) is 0 Å². The van der Waals surface area contributed by atoms with Gasteiger partial charge in [-0.1, -0.05) is 45.4 Å². The summed E-state index contributed by atoms with van der Waals surface area (Å²) in [6, 6.07) is 3.83. The highest BCUT2D eigenvalue weighted by atomic mass is 16.6. The minimum atomic E-state index is -0.559. The van der Waals surface area contributed by atoms with E-state index in [9.17, 15) is 19.7 Å². The van der Waals surface area contributed by atoms with Gasteiger partial charge in [0.1, 0.15) is 0 Å². The fourth-order valence-electron chi connectivity index (χ4n) is 2.82. The van der Waals surface area contributed by atoms with Gasteiger partial charge in [0.25, 0.3) is 17.5 Å². The van der Waals surface area contributed by atoms with Crippen LogP contribution in [0.3, 0.4) is 0 Å². The van der Waals surface area contributed by atoms with Crippen LogP contribution >= 0.6 is 0 Å². The molecule has 0 bridgehead atoms. The lowest BCUT2D eigenvalue weighted by Gasteiger charge is -2.13. The standard InChI is InChI=1S/C17H22N2O4/c1-2-3-4-5-6-7-8-11-18-16(20)14-10-9-13(19(22)23)12-15(14)17(18)21/h9-10,12H,2-8,11H2,1H3. The first-order valence-corrected chi connectivity index (χ1v) is 8.21. The fraction of sp³-hybridized carbons (Fsp3) is 0.529. The molecule has 0 N–H and O–H groups in total. The lowest BCUT2D eigenvalue weighted by atomic mass is 10.1. The maximum Gasteiger partial charge on any atom is 0.270 e. The summed E-state index contributed by atoms with van der Waals surface area (Å²) in [6.07, 6.45) is 7.74.